The lowest BCUT2D eigenvalue weighted by Crippen LogP contribution is -2.17. The number of rotatable bonds is 3. The molecule has 1 heterocycles. The van der Waals surface area contributed by atoms with Gasteiger partial charge in [0.05, 0.1) is 13.2 Å². The number of aryl methyl sites for hydroxylation is 2. The fraction of sp³-hybridized carbons (Fsp3) is 0.533. The van der Waals surface area contributed by atoms with Gasteiger partial charge in [-0.25, -0.2) is 0 Å². The molecule has 0 aromatic heterocycles. The molecule has 1 aromatic rings. The summed E-state index contributed by atoms with van der Waals surface area (Å²) in [5.74, 6) is 1.69. The lowest BCUT2D eigenvalue weighted by atomic mass is 10.0. The number of fused-ring (bicyclic) bond motifs is 1. The molecule has 0 radical (unpaired) electrons. The fourth-order valence-electron chi connectivity index (χ4n) is 2.38. The molecular formula is C15H18O3. The molecule has 0 amide bonds. The molecule has 96 valence electrons. The van der Waals surface area contributed by atoms with Crippen molar-refractivity contribution in [3.05, 3.63) is 23.3 Å². The Kier molecular flexibility index (Phi) is 2.77. The van der Waals surface area contributed by atoms with Gasteiger partial charge in [-0.3, -0.25) is 0 Å². The Labute approximate surface area is 107 Å². The Morgan fingerprint density at radius 2 is 1.89 bits per heavy atom. The van der Waals surface area contributed by atoms with Gasteiger partial charge >= 0.3 is 0 Å². The van der Waals surface area contributed by atoms with Gasteiger partial charge in [-0.15, -0.1) is 0 Å². The first-order valence-electron chi connectivity index (χ1n) is 6.55. The normalized spacial score (nSPS) is 19.4. The molecule has 1 fully saturated rings. The van der Waals surface area contributed by atoms with Crippen LogP contribution in [-0.4, -0.2) is 19.5 Å². The minimum atomic E-state index is 0.274. The Morgan fingerprint density at radius 1 is 1.22 bits per heavy atom. The van der Waals surface area contributed by atoms with Crippen LogP contribution in [0.5, 0.6) is 11.5 Å². The second-order valence-corrected chi connectivity index (χ2v) is 5.51. The largest absolute Gasteiger partial charge is 0.489 e. The number of carbonyl (C=O) groups excluding carboxylic acids is 1. The zero-order chi connectivity index (χ0) is 12.6. The Bertz CT molecular complexity index is 475. The van der Waals surface area contributed by atoms with Crippen LogP contribution < -0.4 is 9.47 Å². The third kappa shape index (κ3) is 2.09. The lowest BCUT2D eigenvalue weighted by Gasteiger charge is -2.11. The summed E-state index contributed by atoms with van der Waals surface area (Å²) >= 11 is 0. The first-order valence-corrected chi connectivity index (χ1v) is 6.55. The maximum Gasteiger partial charge on any atom is 0.161 e. The van der Waals surface area contributed by atoms with Gasteiger partial charge in [-0.05, 0) is 49.4 Å². The first kappa shape index (κ1) is 11.6. The molecule has 0 unspecified atom stereocenters. The van der Waals surface area contributed by atoms with Crippen LogP contribution in [0, 0.1) is 12.3 Å². The predicted molar refractivity (Wildman–Crippen MR) is 68.2 cm³/mol. The SMILES string of the molecule is Cc1cc2c(cc1CCC=O)OCC1(CC1)CO2. The number of carbonyl (C=O) groups is 1. The molecule has 1 aromatic carbocycles. The van der Waals surface area contributed by atoms with Crippen LogP contribution in [0.15, 0.2) is 12.1 Å². The van der Waals surface area contributed by atoms with Crippen LogP contribution in [0.1, 0.15) is 30.4 Å². The molecule has 2 aliphatic rings. The van der Waals surface area contributed by atoms with E-state index in [1.807, 2.05) is 12.1 Å². The standard InChI is InChI=1S/C15H18O3/c1-11-7-13-14(8-12(11)3-2-6-16)18-10-15(4-5-15)9-17-13/h6-8H,2-5,9-10H2,1H3. The van der Waals surface area contributed by atoms with Gasteiger partial charge in [-0.2, -0.15) is 0 Å². The van der Waals surface area contributed by atoms with Gasteiger partial charge in [0.25, 0.3) is 0 Å². The van der Waals surface area contributed by atoms with E-state index in [0.29, 0.717) is 6.42 Å². The summed E-state index contributed by atoms with van der Waals surface area (Å²) in [6, 6.07) is 4.08. The summed E-state index contributed by atoms with van der Waals surface area (Å²) in [5, 5.41) is 0. The summed E-state index contributed by atoms with van der Waals surface area (Å²) in [6.07, 6.45) is 4.71. The van der Waals surface area contributed by atoms with E-state index in [9.17, 15) is 4.79 Å². The van der Waals surface area contributed by atoms with Gasteiger partial charge in [0.1, 0.15) is 6.29 Å². The summed E-state index contributed by atoms with van der Waals surface area (Å²) in [7, 11) is 0. The zero-order valence-corrected chi connectivity index (χ0v) is 10.7. The van der Waals surface area contributed by atoms with E-state index in [0.717, 1.165) is 37.4 Å². The number of aldehydes is 1. The van der Waals surface area contributed by atoms with Crippen LogP contribution in [0.3, 0.4) is 0 Å². The van der Waals surface area contributed by atoms with E-state index in [2.05, 4.69) is 6.92 Å². The highest BCUT2D eigenvalue weighted by atomic mass is 16.5. The number of benzene rings is 1. The van der Waals surface area contributed by atoms with Gasteiger partial charge in [0.15, 0.2) is 11.5 Å². The molecule has 3 rings (SSSR count). The first-order chi connectivity index (χ1) is 8.72. The molecular weight excluding hydrogens is 228 g/mol. The average molecular weight is 246 g/mol. The molecule has 1 aliphatic carbocycles. The minimum absolute atomic E-state index is 0.274. The Morgan fingerprint density at radius 3 is 2.50 bits per heavy atom. The van der Waals surface area contributed by atoms with Crippen molar-refractivity contribution in [1.29, 1.82) is 0 Å². The molecule has 0 N–H and O–H groups in total. The Balaban J connectivity index is 1.85. The number of ether oxygens (including phenoxy) is 2. The second kappa shape index (κ2) is 4.30. The van der Waals surface area contributed by atoms with Gasteiger partial charge in [-0.1, -0.05) is 0 Å². The summed E-state index contributed by atoms with van der Waals surface area (Å²) in [6.45, 7) is 3.59. The van der Waals surface area contributed by atoms with Crippen molar-refractivity contribution >= 4 is 6.29 Å². The lowest BCUT2D eigenvalue weighted by molar-refractivity contribution is -0.107. The van der Waals surface area contributed by atoms with Crippen molar-refractivity contribution in [3.63, 3.8) is 0 Å². The van der Waals surface area contributed by atoms with Crippen LogP contribution in [0.2, 0.25) is 0 Å². The van der Waals surface area contributed by atoms with E-state index in [-0.39, 0.29) is 5.41 Å². The highest BCUT2D eigenvalue weighted by molar-refractivity contribution is 5.52. The fourth-order valence-corrected chi connectivity index (χ4v) is 2.38. The van der Waals surface area contributed by atoms with Crippen molar-refractivity contribution in [1.82, 2.24) is 0 Å². The second-order valence-electron chi connectivity index (χ2n) is 5.51. The highest BCUT2D eigenvalue weighted by Crippen LogP contribution is 2.49. The van der Waals surface area contributed by atoms with Crippen LogP contribution in [0.25, 0.3) is 0 Å². The van der Waals surface area contributed by atoms with Crippen molar-refractivity contribution in [2.24, 2.45) is 5.41 Å². The molecule has 0 saturated heterocycles. The van der Waals surface area contributed by atoms with E-state index in [1.54, 1.807) is 0 Å². The maximum absolute atomic E-state index is 10.5. The van der Waals surface area contributed by atoms with Gasteiger partial charge in [0.2, 0.25) is 0 Å². The van der Waals surface area contributed by atoms with E-state index in [4.69, 9.17) is 9.47 Å². The third-order valence-corrected chi connectivity index (χ3v) is 3.96. The third-order valence-electron chi connectivity index (χ3n) is 3.96. The quantitative estimate of drug-likeness (QED) is 0.769. The number of hydrogen-bond donors (Lipinski definition) is 0. The predicted octanol–water partition coefficient (Wildman–Crippen LogP) is 2.68. The molecule has 1 aliphatic heterocycles. The zero-order valence-electron chi connectivity index (χ0n) is 10.7. The molecule has 1 saturated carbocycles. The van der Waals surface area contributed by atoms with Crippen LogP contribution >= 0.6 is 0 Å². The average Bonchev–Trinajstić information content (AvgIpc) is 3.16. The van der Waals surface area contributed by atoms with Crippen molar-refractivity contribution in [3.8, 4) is 11.5 Å². The molecule has 1 spiro atoms. The Hall–Kier alpha value is -1.51. The van der Waals surface area contributed by atoms with Crippen molar-refractivity contribution in [2.75, 3.05) is 13.2 Å². The molecule has 3 heteroatoms. The summed E-state index contributed by atoms with van der Waals surface area (Å²) in [4.78, 5) is 10.5. The summed E-state index contributed by atoms with van der Waals surface area (Å²) < 4.78 is 11.8. The highest BCUT2D eigenvalue weighted by Gasteiger charge is 2.46. The van der Waals surface area contributed by atoms with Gasteiger partial charge < -0.3 is 14.3 Å². The van der Waals surface area contributed by atoms with Crippen molar-refractivity contribution in [2.45, 2.75) is 32.6 Å². The van der Waals surface area contributed by atoms with Crippen molar-refractivity contribution < 1.29 is 14.3 Å². The molecule has 3 nitrogen and oxygen atoms in total. The maximum atomic E-state index is 10.5. The van der Waals surface area contributed by atoms with E-state index >= 15 is 0 Å². The van der Waals surface area contributed by atoms with Gasteiger partial charge in [0, 0.05) is 11.8 Å². The molecule has 18 heavy (non-hydrogen) atoms. The van der Waals surface area contributed by atoms with Crippen LogP contribution in [0.4, 0.5) is 0 Å². The minimum Gasteiger partial charge on any atom is -0.489 e. The smallest absolute Gasteiger partial charge is 0.161 e. The monoisotopic (exact) mass is 246 g/mol. The number of hydrogen-bond acceptors (Lipinski definition) is 3. The molecule has 0 bridgehead atoms. The van der Waals surface area contributed by atoms with E-state index in [1.165, 1.54) is 24.0 Å². The topological polar surface area (TPSA) is 35.5 Å². The van der Waals surface area contributed by atoms with E-state index < -0.39 is 0 Å². The van der Waals surface area contributed by atoms with Crippen LogP contribution in [-0.2, 0) is 11.2 Å². The molecule has 0 atom stereocenters. The summed E-state index contributed by atoms with van der Waals surface area (Å²) in [5.41, 5.74) is 2.62.